The molecular weight excluding hydrogens is 252 g/mol. The molecule has 0 spiro atoms. The van der Waals surface area contributed by atoms with Crippen LogP contribution in [0.3, 0.4) is 0 Å². The molecular formula is C15H12N4O. The van der Waals surface area contributed by atoms with Gasteiger partial charge in [0.15, 0.2) is 0 Å². The van der Waals surface area contributed by atoms with E-state index in [-0.39, 0.29) is 5.91 Å². The first-order chi connectivity index (χ1) is 9.83. The summed E-state index contributed by atoms with van der Waals surface area (Å²) < 4.78 is 0. The van der Waals surface area contributed by atoms with E-state index in [0.29, 0.717) is 11.4 Å². The molecule has 0 aliphatic carbocycles. The Hall–Kier alpha value is -2.95. The van der Waals surface area contributed by atoms with Gasteiger partial charge >= 0.3 is 0 Å². The number of hydrogen-bond acceptors (Lipinski definition) is 3. The number of pyridine rings is 1. The van der Waals surface area contributed by atoms with Crippen molar-refractivity contribution in [2.45, 2.75) is 0 Å². The Balaban J connectivity index is 1.82. The second-order valence-electron chi connectivity index (χ2n) is 4.19. The Labute approximate surface area is 115 Å². The van der Waals surface area contributed by atoms with Gasteiger partial charge < -0.3 is 10.3 Å². The Morgan fingerprint density at radius 3 is 2.75 bits per heavy atom. The van der Waals surface area contributed by atoms with E-state index in [1.807, 2.05) is 24.3 Å². The average Bonchev–Trinajstić information content (AvgIpc) is 3.03. The van der Waals surface area contributed by atoms with Crippen LogP contribution in [0.4, 0.5) is 5.69 Å². The van der Waals surface area contributed by atoms with Gasteiger partial charge in [0.25, 0.3) is 5.91 Å². The van der Waals surface area contributed by atoms with Crippen molar-refractivity contribution in [3.05, 3.63) is 66.7 Å². The predicted molar refractivity (Wildman–Crippen MR) is 76.2 cm³/mol. The molecule has 3 rings (SSSR count). The quantitative estimate of drug-likeness (QED) is 0.764. The van der Waals surface area contributed by atoms with E-state index in [1.165, 1.54) is 0 Å². The lowest BCUT2D eigenvalue weighted by Gasteiger charge is -2.06. The molecule has 0 saturated carbocycles. The monoisotopic (exact) mass is 264 g/mol. The number of imidazole rings is 1. The number of benzene rings is 1. The Morgan fingerprint density at radius 2 is 2.00 bits per heavy atom. The van der Waals surface area contributed by atoms with Crippen molar-refractivity contribution in [3.8, 4) is 11.4 Å². The van der Waals surface area contributed by atoms with Gasteiger partial charge in [0.05, 0.1) is 0 Å². The number of carbonyl (C=O) groups is 1. The van der Waals surface area contributed by atoms with Gasteiger partial charge in [0.2, 0.25) is 0 Å². The number of nitrogens with zero attached hydrogens (tertiary/aromatic N) is 2. The predicted octanol–water partition coefficient (Wildman–Crippen LogP) is 2.72. The topological polar surface area (TPSA) is 70.7 Å². The number of aromatic amines is 1. The fourth-order valence-electron chi connectivity index (χ4n) is 1.86. The summed E-state index contributed by atoms with van der Waals surface area (Å²) in [5.74, 6) is 0.529. The largest absolute Gasteiger partial charge is 0.345 e. The first kappa shape index (κ1) is 12.1. The number of nitrogens with one attached hydrogen (secondary N) is 2. The summed E-state index contributed by atoms with van der Waals surface area (Å²) >= 11 is 0. The molecule has 0 unspecified atom stereocenters. The highest BCUT2D eigenvalue weighted by Gasteiger charge is 2.07. The van der Waals surface area contributed by atoms with Gasteiger partial charge in [-0.25, -0.2) is 4.98 Å². The van der Waals surface area contributed by atoms with Gasteiger partial charge in [0.1, 0.15) is 11.5 Å². The SMILES string of the molecule is O=C(Nc1cccc(-c2ncc[nH]2)c1)c1ccccn1. The Bertz CT molecular complexity index is 708. The van der Waals surface area contributed by atoms with E-state index in [0.717, 1.165) is 11.4 Å². The first-order valence-corrected chi connectivity index (χ1v) is 6.15. The number of H-pyrrole nitrogens is 1. The van der Waals surface area contributed by atoms with Crippen molar-refractivity contribution >= 4 is 11.6 Å². The van der Waals surface area contributed by atoms with E-state index in [2.05, 4.69) is 20.3 Å². The minimum Gasteiger partial charge on any atom is -0.345 e. The highest BCUT2D eigenvalue weighted by atomic mass is 16.1. The van der Waals surface area contributed by atoms with Gasteiger partial charge in [-0.2, -0.15) is 0 Å². The lowest BCUT2D eigenvalue weighted by molar-refractivity contribution is 0.102. The molecule has 98 valence electrons. The minimum atomic E-state index is -0.234. The number of anilines is 1. The fraction of sp³-hybridized carbons (Fsp3) is 0. The molecule has 5 nitrogen and oxygen atoms in total. The summed E-state index contributed by atoms with van der Waals surface area (Å²) in [6, 6.07) is 12.7. The molecule has 2 aromatic heterocycles. The number of aromatic nitrogens is 3. The highest BCUT2D eigenvalue weighted by molar-refractivity contribution is 6.03. The molecule has 20 heavy (non-hydrogen) atoms. The average molecular weight is 264 g/mol. The number of hydrogen-bond donors (Lipinski definition) is 2. The zero-order chi connectivity index (χ0) is 13.8. The van der Waals surface area contributed by atoms with E-state index in [9.17, 15) is 4.79 Å². The van der Waals surface area contributed by atoms with Crippen LogP contribution in [0.1, 0.15) is 10.5 Å². The molecule has 0 aliphatic heterocycles. The minimum absolute atomic E-state index is 0.234. The molecule has 2 N–H and O–H groups in total. The zero-order valence-electron chi connectivity index (χ0n) is 10.6. The molecule has 0 aliphatic rings. The maximum atomic E-state index is 12.0. The molecule has 0 atom stereocenters. The number of rotatable bonds is 3. The van der Waals surface area contributed by atoms with Gasteiger partial charge in [-0.15, -0.1) is 0 Å². The first-order valence-electron chi connectivity index (χ1n) is 6.15. The lowest BCUT2D eigenvalue weighted by Crippen LogP contribution is -2.13. The third-order valence-corrected chi connectivity index (χ3v) is 2.79. The van der Waals surface area contributed by atoms with E-state index in [1.54, 1.807) is 36.8 Å². The third kappa shape index (κ3) is 2.56. The van der Waals surface area contributed by atoms with Gasteiger partial charge in [-0.1, -0.05) is 18.2 Å². The summed E-state index contributed by atoms with van der Waals surface area (Å²) in [5.41, 5.74) is 2.00. The van der Waals surface area contributed by atoms with E-state index in [4.69, 9.17) is 0 Å². The van der Waals surface area contributed by atoms with Crippen LogP contribution in [0, 0.1) is 0 Å². The lowest BCUT2D eigenvalue weighted by atomic mass is 10.2. The van der Waals surface area contributed by atoms with Crippen molar-refractivity contribution < 1.29 is 4.79 Å². The van der Waals surface area contributed by atoms with Crippen LogP contribution < -0.4 is 5.32 Å². The molecule has 3 aromatic rings. The summed E-state index contributed by atoms with van der Waals surface area (Å²) in [6.07, 6.45) is 5.04. The number of carbonyl (C=O) groups excluding carboxylic acids is 1. The van der Waals surface area contributed by atoms with Crippen molar-refractivity contribution in [3.63, 3.8) is 0 Å². The zero-order valence-corrected chi connectivity index (χ0v) is 10.6. The van der Waals surface area contributed by atoms with Crippen LogP contribution in [0.15, 0.2) is 61.1 Å². The summed E-state index contributed by atoms with van der Waals surface area (Å²) in [4.78, 5) is 23.2. The molecule has 2 heterocycles. The van der Waals surface area contributed by atoms with Gasteiger partial charge in [-0.3, -0.25) is 9.78 Å². The molecule has 5 heteroatoms. The van der Waals surface area contributed by atoms with Gasteiger partial charge in [-0.05, 0) is 24.3 Å². The Morgan fingerprint density at radius 1 is 1.05 bits per heavy atom. The van der Waals surface area contributed by atoms with Gasteiger partial charge in [0, 0.05) is 29.8 Å². The Kier molecular flexibility index (Phi) is 3.24. The smallest absolute Gasteiger partial charge is 0.274 e. The fourth-order valence-corrected chi connectivity index (χ4v) is 1.86. The van der Waals surface area contributed by atoms with Crippen LogP contribution >= 0.6 is 0 Å². The van der Waals surface area contributed by atoms with Crippen molar-refractivity contribution in [1.82, 2.24) is 15.0 Å². The molecule has 0 bridgehead atoms. The molecule has 1 amide bonds. The van der Waals surface area contributed by atoms with Crippen LogP contribution in [0.2, 0.25) is 0 Å². The summed E-state index contributed by atoms with van der Waals surface area (Å²) in [7, 11) is 0. The summed E-state index contributed by atoms with van der Waals surface area (Å²) in [6.45, 7) is 0. The van der Waals surface area contributed by atoms with Crippen molar-refractivity contribution in [2.24, 2.45) is 0 Å². The van der Waals surface area contributed by atoms with Crippen LogP contribution in [-0.4, -0.2) is 20.9 Å². The van der Waals surface area contributed by atoms with Crippen LogP contribution in [0.5, 0.6) is 0 Å². The maximum absolute atomic E-state index is 12.0. The molecule has 0 fully saturated rings. The third-order valence-electron chi connectivity index (χ3n) is 2.79. The van der Waals surface area contributed by atoms with E-state index < -0.39 is 0 Å². The summed E-state index contributed by atoms with van der Waals surface area (Å²) in [5, 5.41) is 2.82. The van der Waals surface area contributed by atoms with Crippen molar-refractivity contribution in [1.29, 1.82) is 0 Å². The molecule has 0 radical (unpaired) electrons. The van der Waals surface area contributed by atoms with E-state index >= 15 is 0 Å². The maximum Gasteiger partial charge on any atom is 0.274 e. The normalized spacial score (nSPS) is 10.2. The van der Waals surface area contributed by atoms with Crippen LogP contribution in [0.25, 0.3) is 11.4 Å². The second kappa shape index (κ2) is 5.36. The van der Waals surface area contributed by atoms with Crippen LogP contribution in [-0.2, 0) is 0 Å². The number of amides is 1. The molecule has 0 saturated heterocycles. The highest BCUT2D eigenvalue weighted by Crippen LogP contribution is 2.19. The molecule has 1 aromatic carbocycles. The second-order valence-corrected chi connectivity index (χ2v) is 4.19. The standard InChI is InChI=1S/C15H12N4O/c20-15(13-6-1-2-7-16-13)19-12-5-3-4-11(10-12)14-17-8-9-18-14/h1-10H,(H,17,18)(H,19,20). The van der Waals surface area contributed by atoms with Crippen molar-refractivity contribution in [2.75, 3.05) is 5.32 Å².